The minimum Gasteiger partial charge on any atom is -0.478 e. The lowest BCUT2D eigenvalue weighted by Crippen LogP contribution is -2.26. The van der Waals surface area contributed by atoms with Crippen LogP contribution in [0.4, 0.5) is 19.0 Å². The van der Waals surface area contributed by atoms with Gasteiger partial charge in [-0.3, -0.25) is 4.98 Å². The Kier molecular flexibility index (Phi) is 8.09. The molecule has 0 saturated carbocycles. The predicted molar refractivity (Wildman–Crippen MR) is 141 cm³/mol. The van der Waals surface area contributed by atoms with Crippen LogP contribution >= 0.6 is 0 Å². The number of H-pyrrole nitrogens is 1. The zero-order valence-corrected chi connectivity index (χ0v) is 20.9. The number of aromatic nitrogens is 4. The van der Waals surface area contributed by atoms with Gasteiger partial charge in [-0.05, 0) is 73.7 Å². The molecule has 7 nitrogen and oxygen atoms in total. The molecule has 0 unspecified atom stereocenters. The highest BCUT2D eigenvalue weighted by Crippen LogP contribution is 2.32. The van der Waals surface area contributed by atoms with Crippen molar-refractivity contribution in [3.8, 4) is 11.4 Å². The first kappa shape index (κ1) is 26.8. The highest BCUT2D eigenvalue weighted by molar-refractivity contribution is 5.87. The zero-order chi connectivity index (χ0) is 27.3. The lowest BCUT2D eigenvalue weighted by atomic mass is 10.1. The molecule has 0 fully saturated rings. The second-order valence-corrected chi connectivity index (χ2v) is 9.01. The van der Waals surface area contributed by atoms with Crippen molar-refractivity contribution >= 4 is 28.4 Å². The van der Waals surface area contributed by atoms with Gasteiger partial charge in [0.25, 0.3) is 0 Å². The number of unbranched alkanes of at least 4 members (excludes halogenated alkanes) is 1. The summed E-state index contributed by atoms with van der Waals surface area (Å²) in [4.78, 5) is 29.3. The van der Waals surface area contributed by atoms with Crippen LogP contribution in [0.1, 0.15) is 54.2 Å². The smallest absolute Gasteiger partial charge is 0.416 e. The maximum Gasteiger partial charge on any atom is 0.416 e. The standard InChI is InChI=1S/C28H28F3N5O2/c1-3-13-36(25-12-8-20(17-33-25)27(37)38)14-5-4-6-18(2)22-10-7-19(16-32-22)26-34-23-11-9-21(28(29,30)31)15-24(23)35-26/h7-12,15-17H,2-6,13-14H2,1H3,(H,34,35)(H,37,38). The van der Waals surface area contributed by atoms with E-state index in [0.717, 1.165) is 68.0 Å². The third-order valence-electron chi connectivity index (χ3n) is 6.18. The van der Waals surface area contributed by atoms with Crippen molar-refractivity contribution in [1.29, 1.82) is 0 Å². The summed E-state index contributed by atoms with van der Waals surface area (Å²) in [5.41, 5.74) is 2.51. The number of carbonyl (C=O) groups is 1. The van der Waals surface area contributed by atoms with Gasteiger partial charge in [-0.1, -0.05) is 13.5 Å². The van der Waals surface area contributed by atoms with Crippen molar-refractivity contribution < 1.29 is 23.1 Å². The molecule has 4 rings (SSSR count). The molecule has 0 saturated heterocycles. The fraction of sp³-hybridized carbons (Fsp3) is 0.286. The van der Waals surface area contributed by atoms with Crippen molar-refractivity contribution in [2.45, 2.75) is 38.8 Å². The molecule has 0 spiro atoms. The molecule has 0 radical (unpaired) electrons. The van der Waals surface area contributed by atoms with E-state index in [9.17, 15) is 18.0 Å². The molecule has 0 aliphatic rings. The Labute approximate surface area is 218 Å². The number of nitrogens with one attached hydrogen (secondary N) is 1. The molecule has 0 aliphatic carbocycles. The lowest BCUT2D eigenvalue weighted by Gasteiger charge is -2.23. The Balaban J connectivity index is 1.33. The molecule has 0 amide bonds. The Morgan fingerprint density at radius 3 is 2.50 bits per heavy atom. The molecule has 38 heavy (non-hydrogen) atoms. The van der Waals surface area contributed by atoms with Crippen LogP contribution in [0.25, 0.3) is 28.0 Å². The number of fused-ring (bicyclic) bond motifs is 1. The highest BCUT2D eigenvalue weighted by atomic mass is 19.4. The number of rotatable bonds is 11. The second kappa shape index (κ2) is 11.5. The number of benzene rings is 1. The first-order valence-corrected chi connectivity index (χ1v) is 12.3. The third kappa shape index (κ3) is 6.37. The molecule has 2 N–H and O–H groups in total. The van der Waals surface area contributed by atoms with E-state index >= 15 is 0 Å². The molecule has 198 valence electrons. The normalized spacial score (nSPS) is 11.6. The molecule has 4 aromatic rings. The Morgan fingerprint density at radius 2 is 1.87 bits per heavy atom. The summed E-state index contributed by atoms with van der Waals surface area (Å²) >= 11 is 0. The van der Waals surface area contributed by atoms with Gasteiger partial charge >= 0.3 is 12.1 Å². The highest BCUT2D eigenvalue weighted by Gasteiger charge is 2.30. The molecule has 0 aliphatic heterocycles. The van der Waals surface area contributed by atoms with Crippen LogP contribution in [0.2, 0.25) is 0 Å². The van der Waals surface area contributed by atoms with Crippen LogP contribution in [-0.2, 0) is 6.18 Å². The molecule has 1 aromatic carbocycles. The Bertz CT molecular complexity index is 1410. The summed E-state index contributed by atoms with van der Waals surface area (Å²) in [6.45, 7) is 7.85. The van der Waals surface area contributed by atoms with E-state index in [4.69, 9.17) is 5.11 Å². The van der Waals surface area contributed by atoms with Crippen LogP contribution < -0.4 is 4.90 Å². The number of aromatic carboxylic acids is 1. The van der Waals surface area contributed by atoms with Gasteiger partial charge in [0.1, 0.15) is 11.6 Å². The Hall–Kier alpha value is -4.21. The van der Waals surface area contributed by atoms with Crippen LogP contribution in [-0.4, -0.2) is 44.1 Å². The summed E-state index contributed by atoms with van der Waals surface area (Å²) < 4.78 is 39.0. The first-order chi connectivity index (χ1) is 18.2. The van der Waals surface area contributed by atoms with E-state index in [-0.39, 0.29) is 5.56 Å². The number of aromatic amines is 1. The van der Waals surface area contributed by atoms with Crippen molar-refractivity contribution in [2.24, 2.45) is 0 Å². The predicted octanol–water partition coefficient (Wildman–Crippen LogP) is 6.84. The second-order valence-electron chi connectivity index (χ2n) is 9.01. The molecule has 0 atom stereocenters. The zero-order valence-electron chi connectivity index (χ0n) is 20.9. The summed E-state index contributed by atoms with van der Waals surface area (Å²) in [6.07, 6.45) is 2.09. The molecule has 0 bridgehead atoms. The summed E-state index contributed by atoms with van der Waals surface area (Å²) in [5, 5.41) is 9.07. The van der Waals surface area contributed by atoms with Gasteiger partial charge in [-0.15, -0.1) is 0 Å². The molecule has 3 aromatic heterocycles. The van der Waals surface area contributed by atoms with Gasteiger partial charge in [0.05, 0.1) is 27.9 Å². The topological polar surface area (TPSA) is 95.0 Å². The molecular formula is C28H28F3N5O2. The maximum absolute atomic E-state index is 13.0. The number of carboxylic acid groups (broad SMARTS) is 1. The van der Waals surface area contributed by atoms with Crippen molar-refractivity contribution in [3.05, 3.63) is 78.3 Å². The number of allylic oxidation sites excluding steroid dienone is 1. The van der Waals surface area contributed by atoms with E-state index < -0.39 is 17.7 Å². The third-order valence-corrected chi connectivity index (χ3v) is 6.18. The molecule has 10 heteroatoms. The van der Waals surface area contributed by atoms with Crippen LogP contribution in [0, 0.1) is 0 Å². The number of alkyl halides is 3. The largest absolute Gasteiger partial charge is 0.478 e. The maximum atomic E-state index is 13.0. The number of imidazole rings is 1. The van der Waals surface area contributed by atoms with E-state index in [2.05, 4.69) is 38.3 Å². The fourth-order valence-electron chi connectivity index (χ4n) is 4.15. The Morgan fingerprint density at radius 1 is 1.05 bits per heavy atom. The van der Waals surface area contributed by atoms with Gasteiger partial charge in [0.2, 0.25) is 0 Å². The van der Waals surface area contributed by atoms with E-state index in [1.165, 1.54) is 12.3 Å². The van der Waals surface area contributed by atoms with Crippen molar-refractivity contribution in [2.75, 3.05) is 18.0 Å². The van der Waals surface area contributed by atoms with Gasteiger partial charge in [-0.2, -0.15) is 13.2 Å². The number of pyridine rings is 2. The average Bonchev–Trinajstić information content (AvgIpc) is 3.33. The number of anilines is 1. The minimum absolute atomic E-state index is 0.163. The number of halogens is 3. The van der Waals surface area contributed by atoms with Crippen LogP contribution in [0.15, 0.2) is 61.4 Å². The van der Waals surface area contributed by atoms with Gasteiger partial charge in [-0.25, -0.2) is 14.8 Å². The van der Waals surface area contributed by atoms with Gasteiger partial charge in [0.15, 0.2) is 0 Å². The lowest BCUT2D eigenvalue weighted by molar-refractivity contribution is -0.137. The number of hydrogen-bond donors (Lipinski definition) is 2. The average molecular weight is 524 g/mol. The van der Waals surface area contributed by atoms with Crippen molar-refractivity contribution in [1.82, 2.24) is 19.9 Å². The molecule has 3 heterocycles. The number of nitrogens with zero attached hydrogens (tertiary/aromatic N) is 4. The van der Waals surface area contributed by atoms with Gasteiger partial charge < -0.3 is 15.0 Å². The fourth-order valence-corrected chi connectivity index (χ4v) is 4.15. The number of hydrogen-bond acceptors (Lipinski definition) is 5. The molecular weight excluding hydrogens is 495 g/mol. The summed E-state index contributed by atoms with van der Waals surface area (Å²) in [5.74, 6) is 0.210. The summed E-state index contributed by atoms with van der Waals surface area (Å²) in [7, 11) is 0. The summed E-state index contributed by atoms with van der Waals surface area (Å²) in [6, 6.07) is 10.4. The first-order valence-electron chi connectivity index (χ1n) is 12.3. The van der Waals surface area contributed by atoms with Crippen LogP contribution in [0.3, 0.4) is 0 Å². The quantitative estimate of drug-likeness (QED) is 0.209. The minimum atomic E-state index is -4.41. The van der Waals surface area contributed by atoms with E-state index in [1.54, 1.807) is 18.3 Å². The van der Waals surface area contributed by atoms with Gasteiger partial charge in [0, 0.05) is 31.0 Å². The van der Waals surface area contributed by atoms with E-state index in [0.29, 0.717) is 22.4 Å². The number of carboxylic acids is 1. The van der Waals surface area contributed by atoms with Crippen LogP contribution in [0.5, 0.6) is 0 Å². The van der Waals surface area contributed by atoms with Crippen molar-refractivity contribution in [3.63, 3.8) is 0 Å². The monoisotopic (exact) mass is 523 g/mol. The SMILES string of the molecule is C=C(CCCCN(CCC)c1ccc(C(=O)O)cn1)c1ccc(-c2nc3ccc(C(F)(F)F)cc3[nH]2)cn1. The van der Waals surface area contributed by atoms with E-state index in [1.807, 2.05) is 12.1 Å².